The van der Waals surface area contributed by atoms with Gasteiger partial charge in [0.05, 0.1) is 11.9 Å². The van der Waals surface area contributed by atoms with E-state index in [1.807, 2.05) is 25.1 Å². The van der Waals surface area contributed by atoms with Crippen LogP contribution in [0.15, 0.2) is 24.3 Å². The van der Waals surface area contributed by atoms with Crippen LogP contribution in [0.4, 0.5) is 0 Å². The molecule has 6 heteroatoms. The van der Waals surface area contributed by atoms with Crippen LogP contribution in [0.1, 0.15) is 37.5 Å². The Bertz CT molecular complexity index is 525. The molecule has 4 nitrogen and oxygen atoms in total. The highest BCUT2D eigenvalue weighted by atomic mass is 127. The van der Waals surface area contributed by atoms with E-state index in [1.165, 1.54) is 0 Å². The van der Waals surface area contributed by atoms with Gasteiger partial charge in [-0.15, -0.1) is 0 Å². The SMILES string of the molecule is CCC(OS(C)(=O)=O)c1ccccc1C(C)(O)CI. The number of rotatable bonds is 6. The molecule has 0 heterocycles. The van der Waals surface area contributed by atoms with Crippen LogP contribution in [0.2, 0.25) is 0 Å². The van der Waals surface area contributed by atoms with Gasteiger partial charge in [-0.3, -0.25) is 4.18 Å². The molecule has 0 saturated carbocycles. The zero-order valence-electron chi connectivity index (χ0n) is 11.3. The quantitative estimate of drug-likeness (QED) is 0.455. The molecule has 1 aromatic rings. The summed E-state index contributed by atoms with van der Waals surface area (Å²) in [6.07, 6.45) is 0.983. The molecular formula is C13H19IO4S. The Kier molecular flexibility index (Phi) is 5.78. The molecule has 0 bridgehead atoms. The average molecular weight is 398 g/mol. The van der Waals surface area contributed by atoms with Crippen molar-refractivity contribution in [3.05, 3.63) is 35.4 Å². The first-order valence-corrected chi connectivity index (χ1v) is 9.31. The van der Waals surface area contributed by atoms with Crippen molar-refractivity contribution in [1.29, 1.82) is 0 Å². The van der Waals surface area contributed by atoms with Crippen molar-refractivity contribution in [1.82, 2.24) is 0 Å². The summed E-state index contributed by atoms with van der Waals surface area (Å²) < 4.78 is 28.3. The highest BCUT2D eigenvalue weighted by Crippen LogP contribution is 2.33. The first kappa shape index (κ1) is 16.9. The van der Waals surface area contributed by atoms with Gasteiger partial charge in [0.2, 0.25) is 0 Å². The van der Waals surface area contributed by atoms with Crippen molar-refractivity contribution in [3.8, 4) is 0 Å². The molecule has 0 aromatic heterocycles. The van der Waals surface area contributed by atoms with Crippen LogP contribution in [-0.2, 0) is 19.9 Å². The van der Waals surface area contributed by atoms with Crippen molar-refractivity contribution in [2.45, 2.75) is 32.0 Å². The van der Waals surface area contributed by atoms with Gasteiger partial charge in [0.15, 0.2) is 0 Å². The second kappa shape index (κ2) is 6.51. The van der Waals surface area contributed by atoms with E-state index in [0.717, 1.165) is 11.8 Å². The highest BCUT2D eigenvalue weighted by molar-refractivity contribution is 14.1. The topological polar surface area (TPSA) is 63.6 Å². The summed E-state index contributed by atoms with van der Waals surface area (Å²) in [7, 11) is -3.54. The van der Waals surface area contributed by atoms with E-state index in [1.54, 1.807) is 13.0 Å². The van der Waals surface area contributed by atoms with Gasteiger partial charge in [0.25, 0.3) is 10.1 Å². The molecule has 108 valence electrons. The summed E-state index contributed by atoms with van der Waals surface area (Å²) in [6.45, 7) is 3.57. The maximum Gasteiger partial charge on any atom is 0.264 e. The Hall–Kier alpha value is -0.180. The van der Waals surface area contributed by atoms with Crippen LogP contribution in [0.3, 0.4) is 0 Å². The minimum Gasteiger partial charge on any atom is -0.385 e. The lowest BCUT2D eigenvalue weighted by atomic mass is 9.90. The number of halogens is 1. The average Bonchev–Trinajstić information content (AvgIpc) is 2.35. The van der Waals surface area contributed by atoms with Crippen LogP contribution in [0, 0.1) is 0 Å². The second-order valence-corrected chi connectivity index (χ2v) is 7.06. The maximum absolute atomic E-state index is 11.3. The fourth-order valence-electron chi connectivity index (χ4n) is 1.89. The number of aliphatic hydroxyl groups is 1. The van der Waals surface area contributed by atoms with Crippen molar-refractivity contribution in [2.24, 2.45) is 0 Å². The van der Waals surface area contributed by atoms with E-state index in [-0.39, 0.29) is 0 Å². The smallest absolute Gasteiger partial charge is 0.264 e. The zero-order chi connectivity index (χ0) is 14.7. The van der Waals surface area contributed by atoms with Crippen molar-refractivity contribution >= 4 is 32.7 Å². The molecule has 2 atom stereocenters. The van der Waals surface area contributed by atoms with E-state index >= 15 is 0 Å². The molecule has 0 saturated heterocycles. The first-order valence-electron chi connectivity index (χ1n) is 5.97. The Morgan fingerprint density at radius 1 is 1.42 bits per heavy atom. The predicted octanol–water partition coefficient (Wildman–Crippen LogP) is 2.76. The summed E-state index contributed by atoms with van der Waals surface area (Å²) in [5, 5.41) is 10.4. The third-order valence-corrected chi connectivity index (χ3v) is 4.88. The van der Waals surface area contributed by atoms with Crippen molar-refractivity contribution in [3.63, 3.8) is 0 Å². The van der Waals surface area contributed by atoms with Crippen LogP contribution >= 0.6 is 22.6 Å². The van der Waals surface area contributed by atoms with Crippen molar-refractivity contribution < 1.29 is 17.7 Å². The molecule has 0 spiro atoms. The molecule has 0 aliphatic rings. The minimum absolute atomic E-state index is 0.511. The number of hydrogen-bond acceptors (Lipinski definition) is 4. The lowest BCUT2D eigenvalue weighted by Crippen LogP contribution is -2.26. The van der Waals surface area contributed by atoms with E-state index in [0.29, 0.717) is 16.4 Å². The highest BCUT2D eigenvalue weighted by Gasteiger charge is 2.28. The molecule has 0 fully saturated rings. The fraction of sp³-hybridized carbons (Fsp3) is 0.538. The maximum atomic E-state index is 11.3. The third-order valence-electron chi connectivity index (χ3n) is 2.81. The molecule has 0 radical (unpaired) electrons. The van der Waals surface area contributed by atoms with Gasteiger partial charge in [-0.1, -0.05) is 53.8 Å². The summed E-state index contributed by atoms with van der Waals surface area (Å²) in [5.74, 6) is 0. The molecule has 19 heavy (non-hydrogen) atoms. The number of hydrogen-bond donors (Lipinski definition) is 1. The molecule has 0 aliphatic carbocycles. The van der Waals surface area contributed by atoms with Crippen LogP contribution < -0.4 is 0 Å². The Morgan fingerprint density at radius 3 is 2.47 bits per heavy atom. The zero-order valence-corrected chi connectivity index (χ0v) is 14.2. The molecule has 2 unspecified atom stereocenters. The monoisotopic (exact) mass is 398 g/mol. The van der Waals surface area contributed by atoms with Gasteiger partial charge in [-0.2, -0.15) is 8.42 Å². The second-order valence-electron chi connectivity index (χ2n) is 4.69. The van der Waals surface area contributed by atoms with Gasteiger partial charge in [-0.05, 0) is 24.5 Å². The minimum atomic E-state index is -3.54. The largest absolute Gasteiger partial charge is 0.385 e. The van der Waals surface area contributed by atoms with Gasteiger partial charge in [0, 0.05) is 4.43 Å². The van der Waals surface area contributed by atoms with Crippen molar-refractivity contribution in [2.75, 3.05) is 10.7 Å². The van der Waals surface area contributed by atoms with E-state index in [2.05, 4.69) is 22.6 Å². The van der Waals surface area contributed by atoms with Gasteiger partial charge < -0.3 is 5.11 Å². The van der Waals surface area contributed by atoms with Crippen LogP contribution in [-0.4, -0.2) is 24.2 Å². The molecule has 1 N–H and O–H groups in total. The molecule has 0 amide bonds. The number of alkyl halides is 1. The molecule has 1 rings (SSSR count). The lowest BCUT2D eigenvalue weighted by Gasteiger charge is -2.27. The molecule has 0 aliphatic heterocycles. The van der Waals surface area contributed by atoms with E-state index in [4.69, 9.17) is 4.18 Å². The Labute approximate surface area is 128 Å². The summed E-state index contributed by atoms with van der Waals surface area (Å²) in [4.78, 5) is 0. The van der Waals surface area contributed by atoms with Crippen LogP contribution in [0.5, 0.6) is 0 Å². The van der Waals surface area contributed by atoms with Gasteiger partial charge >= 0.3 is 0 Å². The fourth-order valence-corrected chi connectivity index (χ4v) is 2.96. The Morgan fingerprint density at radius 2 is 2.00 bits per heavy atom. The molecule has 1 aromatic carbocycles. The van der Waals surface area contributed by atoms with Crippen LogP contribution in [0.25, 0.3) is 0 Å². The van der Waals surface area contributed by atoms with E-state index < -0.39 is 21.8 Å². The standard InChI is InChI=1S/C13H19IO4S/c1-4-12(18-19(3,16)17)10-7-5-6-8-11(10)13(2,15)9-14/h5-8,12,15H,4,9H2,1-3H3. The predicted molar refractivity (Wildman–Crippen MR) is 83.9 cm³/mol. The normalized spacial score (nSPS) is 16.9. The summed E-state index contributed by atoms with van der Waals surface area (Å²) in [6, 6.07) is 7.25. The Balaban J connectivity index is 3.25. The summed E-state index contributed by atoms with van der Waals surface area (Å²) >= 11 is 2.11. The van der Waals surface area contributed by atoms with Gasteiger partial charge in [0.1, 0.15) is 6.10 Å². The first-order chi connectivity index (χ1) is 8.71. The third kappa shape index (κ3) is 4.70. The van der Waals surface area contributed by atoms with E-state index in [9.17, 15) is 13.5 Å². The molecular weight excluding hydrogens is 379 g/mol. The van der Waals surface area contributed by atoms with Gasteiger partial charge in [-0.25, -0.2) is 0 Å². The lowest BCUT2D eigenvalue weighted by molar-refractivity contribution is 0.0825. The summed E-state index contributed by atoms with van der Waals surface area (Å²) in [5.41, 5.74) is 0.419. The number of benzene rings is 1.